The molecule has 1 saturated heterocycles. The SMILES string of the molecule is CCNCc1ccc(S(=O)(=O)N2CCC(C)(C)C2)cc1Cl. The Labute approximate surface area is 132 Å². The van der Waals surface area contributed by atoms with E-state index in [2.05, 4.69) is 19.2 Å². The van der Waals surface area contributed by atoms with Crippen molar-refractivity contribution in [3.8, 4) is 0 Å². The van der Waals surface area contributed by atoms with Crippen molar-refractivity contribution >= 4 is 21.6 Å². The van der Waals surface area contributed by atoms with E-state index in [0.717, 1.165) is 18.5 Å². The van der Waals surface area contributed by atoms with Crippen LogP contribution in [-0.2, 0) is 16.6 Å². The van der Waals surface area contributed by atoms with E-state index >= 15 is 0 Å². The Hall–Kier alpha value is -0.620. The minimum absolute atomic E-state index is 0.0435. The molecule has 1 aliphatic rings. The Morgan fingerprint density at radius 1 is 1.38 bits per heavy atom. The molecule has 21 heavy (non-hydrogen) atoms. The molecule has 1 heterocycles. The predicted molar refractivity (Wildman–Crippen MR) is 86.0 cm³/mol. The molecule has 4 nitrogen and oxygen atoms in total. The van der Waals surface area contributed by atoms with Crippen LogP contribution in [0, 0.1) is 5.41 Å². The topological polar surface area (TPSA) is 49.4 Å². The van der Waals surface area contributed by atoms with E-state index in [9.17, 15) is 8.42 Å². The highest BCUT2D eigenvalue weighted by Gasteiger charge is 2.36. The Morgan fingerprint density at radius 2 is 2.10 bits per heavy atom. The molecule has 1 aromatic rings. The van der Waals surface area contributed by atoms with Crippen molar-refractivity contribution in [2.45, 2.75) is 38.6 Å². The molecule has 1 fully saturated rings. The third-order valence-corrected chi connectivity index (χ3v) is 6.06. The summed E-state index contributed by atoms with van der Waals surface area (Å²) in [5, 5.41) is 3.68. The Balaban J connectivity index is 2.23. The first kappa shape index (κ1) is 16.7. The quantitative estimate of drug-likeness (QED) is 0.903. The lowest BCUT2D eigenvalue weighted by Gasteiger charge is -2.20. The fourth-order valence-corrected chi connectivity index (χ4v) is 4.48. The van der Waals surface area contributed by atoms with E-state index in [1.54, 1.807) is 22.5 Å². The minimum Gasteiger partial charge on any atom is -0.313 e. The van der Waals surface area contributed by atoms with Crippen molar-refractivity contribution < 1.29 is 8.42 Å². The molecule has 1 aliphatic heterocycles. The van der Waals surface area contributed by atoms with Crippen molar-refractivity contribution in [1.82, 2.24) is 9.62 Å². The summed E-state index contributed by atoms with van der Waals surface area (Å²) in [7, 11) is -3.44. The Bertz CT molecular complexity index is 614. The average Bonchev–Trinajstić information content (AvgIpc) is 2.78. The van der Waals surface area contributed by atoms with Crippen LogP contribution in [0.15, 0.2) is 23.1 Å². The maximum Gasteiger partial charge on any atom is 0.243 e. The highest BCUT2D eigenvalue weighted by molar-refractivity contribution is 7.89. The monoisotopic (exact) mass is 330 g/mol. The third-order valence-electron chi connectivity index (χ3n) is 3.87. The van der Waals surface area contributed by atoms with Crippen molar-refractivity contribution in [1.29, 1.82) is 0 Å². The Kier molecular flexibility index (Phi) is 4.98. The van der Waals surface area contributed by atoms with E-state index in [0.29, 0.717) is 24.7 Å². The molecular formula is C15H23ClN2O2S. The van der Waals surface area contributed by atoms with Gasteiger partial charge >= 0.3 is 0 Å². The van der Waals surface area contributed by atoms with Gasteiger partial charge in [-0.15, -0.1) is 0 Å². The van der Waals surface area contributed by atoms with Gasteiger partial charge in [0.25, 0.3) is 0 Å². The summed E-state index contributed by atoms with van der Waals surface area (Å²) in [5.74, 6) is 0. The van der Waals surface area contributed by atoms with Crippen molar-refractivity contribution in [3.63, 3.8) is 0 Å². The molecule has 0 spiro atoms. The molecule has 0 atom stereocenters. The first-order valence-corrected chi connectivity index (χ1v) is 9.07. The zero-order chi connectivity index (χ0) is 15.7. The number of hydrogen-bond acceptors (Lipinski definition) is 3. The second kappa shape index (κ2) is 6.24. The number of hydrogen-bond donors (Lipinski definition) is 1. The number of benzene rings is 1. The molecule has 1 N–H and O–H groups in total. The number of rotatable bonds is 5. The van der Waals surface area contributed by atoms with Crippen LogP contribution in [0.4, 0.5) is 0 Å². The first-order valence-electron chi connectivity index (χ1n) is 7.25. The lowest BCUT2D eigenvalue weighted by atomic mass is 9.93. The van der Waals surface area contributed by atoms with E-state index < -0.39 is 10.0 Å². The van der Waals surface area contributed by atoms with Gasteiger partial charge in [0, 0.05) is 24.7 Å². The summed E-state index contributed by atoms with van der Waals surface area (Å²) < 4.78 is 26.9. The summed E-state index contributed by atoms with van der Waals surface area (Å²) in [5.41, 5.74) is 0.959. The summed E-state index contributed by atoms with van der Waals surface area (Å²) in [6.07, 6.45) is 0.887. The highest BCUT2D eigenvalue weighted by Crippen LogP contribution is 2.33. The van der Waals surface area contributed by atoms with Crippen LogP contribution < -0.4 is 5.32 Å². The standard InChI is InChI=1S/C15H23ClN2O2S/c1-4-17-10-12-5-6-13(9-14(12)16)21(19,20)18-8-7-15(2,3)11-18/h5-6,9,17H,4,7-8,10-11H2,1-3H3. The van der Waals surface area contributed by atoms with Gasteiger partial charge in [-0.3, -0.25) is 0 Å². The molecule has 118 valence electrons. The van der Waals surface area contributed by atoms with E-state index in [-0.39, 0.29) is 10.3 Å². The second-order valence-corrected chi connectivity index (χ2v) is 8.63. The predicted octanol–water partition coefficient (Wildman–Crippen LogP) is 2.87. The largest absolute Gasteiger partial charge is 0.313 e. The zero-order valence-corrected chi connectivity index (χ0v) is 14.4. The molecule has 2 rings (SSSR count). The van der Waals surface area contributed by atoms with Crippen LogP contribution in [0.25, 0.3) is 0 Å². The molecule has 0 saturated carbocycles. The fraction of sp³-hybridized carbons (Fsp3) is 0.600. The second-order valence-electron chi connectivity index (χ2n) is 6.29. The summed E-state index contributed by atoms with van der Waals surface area (Å²) in [6, 6.07) is 5.01. The lowest BCUT2D eigenvalue weighted by molar-refractivity contribution is 0.375. The highest BCUT2D eigenvalue weighted by atomic mass is 35.5. The van der Waals surface area contributed by atoms with Crippen LogP contribution in [0.2, 0.25) is 5.02 Å². The molecule has 0 bridgehead atoms. The van der Waals surface area contributed by atoms with E-state index in [4.69, 9.17) is 11.6 Å². The molecular weight excluding hydrogens is 308 g/mol. The van der Waals surface area contributed by atoms with Gasteiger partial charge in [-0.2, -0.15) is 4.31 Å². The number of nitrogens with one attached hydrogen (secondary N) is 1. The van der Waals surface area contributed by atoms with Crippen LogP contribution in [0.5, 0.6) is 0 Å². The van der Waals surface area contributed by atoms with E-state index in [1.165, 1.54) is 0 Å². The van der Waals surface area contributed by atoms with Gasteiger partial charge in [-0.1, -0.05) is 38.4 Å². The van der Waals surface area contributed by atoms with Gasteiger partial charge in [0.15, 0.2) is 0 Å². The lowest BCUT2D eigenvalue weighted by Crippen LogP contribution is -2.30. The minimum atomic E-state index is -3.44. The van der Waals surface area contributed by atoms with Crippen molar-refractivity contribution in [3.05, 3.63) is 28.8 Å². The van der Waals surface area contributed by atoms with Crippen molar-refractivity contribution in [2.75, 3.05) is 19.6 Å². The van der Waals surface area contributed by atoms with Gasteiger partial charge < -0.3 is 5.32 Å². The fourth-order valence-electron chi connectivity index (χ4n) is 2.51. The van der Waals surface area contributed by atoms with Gasteiger partial charge in [0.05, 0.1) is 4.90 Å². The summed E-state index contributed by atoms with van der Waals surface area (Å²) >= 11 is 6.21. The molecule has 0 unspecified atom stereocenters. The molecule has 6 heteroatoms. The third kappa shape index (κ3) is 3.77. The van der Waals surface area contributed by atoms with Gasteiger partial charge in [-0.05, 0) is 36.1 Å². The maximum atomic E-state index is 12.7. The van der Waals surface area contributed by atoms with Gasteiger partial charge in [0.1, 0.15) is 0 Å². The van der Waals surface area contributed by atoms with Crippen LogP contribution in [-0.4, -0.2) is 32.4 Å². The number of nitrogens with zero attached hydrogens (tertiary/aromatic N) is 1. The summed E-state index contributed by atoms with van der Waals surface area (Å²) in [6.45, 7) is 8.83. The normalized spacial score (nSPS) is 19.0. The van der Waals surface area contributed by atoms with Gasteiger partial charge in [-0.25, -0.2) is 8.42 Å². The molecule has 1 aromatic carbocycles. The molecule has 0 radical (unpaired) electrons. The molecule has 0 aliphatic carbocycles. The Morgan fingerprint density at radius 3 is 2.62 bits per heavy atom. The van der Waals surface area contributed by atoms with Crippen LogP contribution in [0.3, 0.4) is 0 Å². The first-order chi connectivity index (χ1) is 9.76. The average molecular weight is 331 g/mol. The van der Waals surface area contributed by atoms with Crippen LogP contribution in [0.1, 0.15) is 32.8 Å². The van der Waals surface area contributed by atoms with Crippen LogP contribution >= 0.6 is 11.6 Å². The smallest absolute Gasteiger partial charge is 0.243 e. The zero-order valence-electron chi connectivity index (χ0n) is 12.8. The van der Waals surface area contributed by atoms with Crippen molar-refractivity contribution in [2.24, 2.45) is 5.41 Å². The summed E-state index contributed by atoms with van der Waals surface area (Å²) in [4.78, 5) is 0.283. The van der Waals surface area contributed by atoms with E-state index in [1.807, 2.05) is 6.92 Å². The molecule has 0 amide bonds. The van der Waals surface area contributed by atoms with Gasteiger partial charge in [0.2, 0.25) is 10.0 Å². The molecule has 0 aromatic heterocycles. The maximum absolute atomic E-state index is 12.7. The number of halogens is 1. The number of sulfonamides is 1.